The molecule has 0 spiro atoms. The number of aromatic nitrogens is 2. The van der Waals surface area contributed by atoms with Gasteiger partial charge < -0.3 is 14.2 Å². The van der Waals surface area contributed by atoms with Crippen LogP contribution >= 0.6 is 11.6 Å². The van der Waals surface area contributed by atoms with E-state index in [9.17, 15) is 4.39 Å². The van der Waals surface area contributed by atoms with Crippen LogP contribution in [0.4, 0.5) is 4.39 Å². The molecule has 7 heteroatoms. The smallest absolute Gasteiger partial charge is 0.188 e. The van der Waals surface area contributed by atoms with Gasteiger partial charge in [-0.2, -0.15) is 5.10 Å². The Balaban J connectivity index is 1.74. The molecule has 1 heterocycles. The molecule has 148 valence electrons. The van der Waals surface area contributed by atoms with E-state index in [0.717, 1.165) is 22.6 Å². The third-order valence-electron chi connectivity index (χ3n) is 4.54. The Morgan fingerprint density at radius 1 is 1.03 bits per heavy atom. The molecule has 1 aromatic heterocycles. The van der Waals surface area contributed by atoms with E-state index in [-0.39, 0.29) is 17.6 Å². The topological polar surface area (TPSA) is 45.5 Å². The second-order valence-electron chi connectivity index (χ2n) is 6.33. The zero-order chi connectivity index (χ0) is 20.4. The van der Waals surface area contributed by atoms with Crippen molar-refractivity contribution >= 4 is 22.5 Å². The Morgan fingerprint density at radius 3 is 2.55 bits per heavy atom. The zero-order valence-corrected chi connectivity index (χ0v) is 16.6. The van der Waals surface area contributed by atoms with Gasteiger partial charge in [0.2, 0.25) is 0 Å². The molecule has 0 fully saturated rings. The summed E-state index contributed by atoms with van der Waals surface area (Å²) in [6.45, 7) is -0.106. The lowest BCUT2D eigenvalue weighted by molar-refractivity contribution is 0.0485. The third kappa shape index (κ3) is 3.64. The fourth-order valence-corrected chi connectivity index (χ4v) is 3.48. The first kappa shape index (κ1) is 19.2. The summed E-state index contributed by atoms with van der Waals surface area (Å²) >= 11 is 6.44. The SMILES string of the molecule is COCOc1c(F)cc2cnn(-c3ccc(-c4cccc(OC)c4)cc3)c2c1Cl. The average molecular weight is 413 g/mol. The van der Waals surface area contributed by atoms with Gasteiger partial charge in [-0.15, -0.1) is 0 Å². The van der Waals surface area contributed by atoms with Gasteiger partial charge in [0.05, 0.1) is 24.5 Å². The second-order valence-corrected chi connectivity index (χ2v) is 6.70. The average Bonchev–Trinajstić information content (AvgIpc) is 3.17. The van der Waals surface area contributed by atoms with Gasteiger partial charge in [-0.1, -0.05) is 35.9 Å². The third-order valence-corrected chi connectivity index (χ3v) is 4.89. The van der Waals surface area contributed by atoms with Gasteiger partial charge in [0, 0.05) is 12.5 Å². The summed E-state index contributed by atoms with van der Waals surface area (Å²) < 4.78 is 31.4. The van der Waals surface area contributed by atoms with Gasteiger partial charge in [0.15, 0.2) is 18.4 Å². The van der Waals surface area contributed by atoms with Gasteiger partial charge in [-0.25, -0.2) is 9.07 Å². The van der Waals surface area contributed by atoms with Crippen LogP contribution in [0.2, 0.25) is 5.02 Å². The van der Waals surface area contributed by atoms with Gasteiger partial charge in [0.25, 0.3) is 0 Å². The largest absolute Gasteiger partial charge is 0.497 e. The van der Waals surface area contributed by atoms with E-state index in [1.165, 1.54) is 13.2 Å². The van der Waals surface area contributed by atoms with E-state index in [4.69, 9.17) is 25.8 Å². The molecule has 0 aliphatic rings. The standard InChI is InChI=1S/C22H18ClFN2O3/c1-27-13-29-22-19(24)11-16-12-25-26(21(16)20(22)23)17-8-6-14(7-9-17)15-4-3-5-18(10-15)28-2/h3-12H,13H2,1-2H3. The van der Waals surface area contributed by atoms with Crippen molar-refractivity contribution in [2.45, 2.75) is 0 Å². The fourth-order valence-electron chi connectivity index (χ4n) is 3.14. The maximum Gasteiger partial charge on any atom is 0.188 e. The Hall–Kier alpha value is -3.09. The van der Waals surface area contributed by atoms with Crippen molar-refractivity contribution in [3.63, 3.8) is 0 Å². The summed E-state index contributed by atoms with van der Waals surface area (Å²) in [5.41, 5.74) is 3.42. The van der Waals surface area contributed by atoms with Crippen LogP contribution in [0.25, 0.3) is 27.7 Å². The van der Waals surface area contributed by atoms with Crippen molar-refractivity contribution in [3.8, 4) is 28.3 Å². The lowest BCUT2D eigenvalue weighted by Gasteiger charge is -2.11. The first-order chi connectivity index (χ1) is 14.1. The molecule has 0 aliphatic carbocycles. The predicted octanol–water partition coefficient (Wildman–Crippen LogP) is 5.48. The zero-order valence-electron chi connectivity index (χ0n) is 15.9. The highest BCUT2D eigenvalue weighted by Gasteiger charge is 2.18. The van der Waals surface area contributed by atoms with E-state index in [1.807, 2.05) is 48.5 Å². The van der Waals surface area contributed by atoms with Crippen LogP contribution in [0.5, 0.6) is 11.5 Å². The van der Waals surface area contributed by atoms with Crippen LogP contribution in [0.3, 0.4) is 0 Å². The number of rotatable bonds is 6. The highest BCUT2D eigenvalue weighted by molar-refractivity contribution is 6.36. The van der Waals surface area contributed by atoms with Gasteiger partial charge in [0.1, 0.15) is 10.8 Å². The number of nitrogens with zero attached hydrogens (tertiary/aromatic N) is 2. The molecule has 5 nitrogen and oxygen atoms in total. The molecule has 0 amide bonds. The van der Waals surface area contributed by atoms with Gasteiger partial charge in [-0.05, 0) is 41.5 Å². The summed E-state index contributed by atoms with van der Waals surface area (Å²) in [5, 5.41) is 5.10. The van der Waals surface area contributed by atoms with Crippen molar-refractivity contribution in [3.05, 3.63) is 71.6 Å². The van der Waals surface area contributed by atoms with Crippen molar-refractivity contribution in [2.24, 2.45) is 0 Å². The molecular formula is C22H18ClFN2O3. The van der Waals surface area contributed by atoms with Crippen molar-refractivity contribution < 1.29 is 18.6 Å². The summed E-state index contributed by atoms with van der Waals surface area (Å²) in [5.74, 6) is 0.172. The molecule has 0 unspecified atom stereocenters. The van der Waals surface area contributed by atoms with Crippen LogP contribution in [-0.2, 0) is 4.74 Å². The van der Waals surface area contributed by atoms with Gasteiger partial charge in [-0.3, -0.25) is 0 Å². The number of hydrogen-bond donors (Lipinski definition) is 0. The maximum atomic E-state index is 14.3. The fraction of sp³-hybridized carbons (Fsp3) is 0.136. The van der Waals surface area contributed by atoms with E-state index >= 15 is 0 Å². The van der Waals surface area contributed by atoms with Crippen molar-refractivity contribution in [2.75, 3.05) is 21.0 Å². The lowest BCUT2D eigenvalue weighted by Crippen LogP contribution is -2.03. The number of halogens is 2. The molecular weight excluding hydrogens is 395 g/mol. The normalized spacial score (nSPS) is 11.0. The number of ether oxygens (including phenoxy) is 3. The first-order valence-corrected chi connectivity index (χ1v) is 9.22. The number of fused-ring (bicyclic) bond motifs is 1. The van der Waals surface area contributed by atoms with E-state index < -0.39 is 5.82 Å². The van der Waals surface area contributed by atoms with E-state index in [0.29, 0.717) is 10.9 Å². The number of benzene rings is 3. The van der Waals surface area contributed by atoms with Crippen LogP contribution < -0.4 is 9.47 Å². The first-order valence-electron chi connectivity index (χ1n) is 8.84. The maximum absolute atomic E-state index is 14.3. The van der Waals surface area contributed by atoms with E-state index in [1.54, 1.807) is 18.0 Å². The Morgan fingerprint density at radius 2 is 1.83 bits per heavy atom. The summed E-state index contributed by atoms with van der Waals surface area (Å²) in [6, 6.07) is 17.0. The van der Waals surface area contributed by atoms with Crippen LogP contribution in [0, 0.1) is 5.82 Å². The highest BCUT2D eigenvalue weighted by atomic mass is 35.5. The Bertz CT molecular complexity index is 1160. The van der Waals surface area contributed by atoms with Crippen LogP contribution in [0.15, 0.2) is 60.8 Å². The molecule has 4 aromatic rings. The molecule has 4 rings (SSSR count). The molecule has 0 atom stereocenters. The molecule has 0 radical (unpaired) electrons. The predicted molar refractivity (Wildman–Crippen MR) is 111 cm³/mol. The Kier molecular flexibility index (Phi) is 5.38. The molecule has 0 bridgehead atoms. The number of methoxy groups -OCH3 is 2. The highest BCUT2D eigenvalue weighted by Crippen LogP contribution is 2.37. The van der Waals surface area contributed by atoms with Crippen molar-refractivity contribution in [1.29, 1.82) is 0 Å². The molecule has 0 aliphatic heterocycles. The minimum Gasteiger partial charge on any atom is -0.497 e. The molecule has 0 N–H and O–H groups in total. The quantitative estimate of drug-likeness (QED) is 0.393. The minimum absolute atomic E-state index is 0.0595. The lowest BCUT2D eigenvalue weighted by atomic mass is 10.1. The second kappa shape index (κ2) is 8.11. The van der Waals surface area contributed by atoms with E-state index in [2.05, 4.69) is 5.10 Å². The molecule has 0 saturated carbocycles. The van der Waals surface area contributed by atoms with Gasteiger partial charge >= 0.3 is 0 Å². The summed E-state index contributed by atoms with van der Waals surface area (Å²) in [7, 11) is 3.10. The minimum atomic E-state index is -0.563. The number of hydrogen-bond acceptors (Lipinski definition) is 4. The van der Waals surface area contributed by atoms with Crippen molar-refractivity contribution in [1.82, 2.24) is 9.78 Å². The van der Waals surface area contributed by atoms with Crippen LogP contribution in [-0.4, -0.2) is 30.8 Å². The van der Waals surface area contributed by atoms with Crippen LogP contribution in [0.1, 0.15) is 0 Å². The molecule has 0 saturated heterocycles. The Labute approximate surface area is 172 Å². The summed E-state index contributed by atoms with van der Waals surface area (Å²) in [6.07, 6.45) is 1.57. The molecule has 29 heavy (non-hydrogen) atoms. The molecule has 3 aromatic carbocycles. The monoisotopic (exact) mass is 412 g/mol. The summed E-state index contributed by atoms with van der Waals surface area (Å²) in [4.78, 5) is 0.